The van der Waals surface area contributed by atoms with Crippen molar-refractivity contribution in [1.82, 2.24) is 4.90 Å². The lowest BCUT2D eigenvalue weighted by molar-refractivity contribution is -0.140. The van der Waals surface area contributed by atoms with Gasteiger partial charge in [0.2, 0.25) is 0 Å². The first kappa shape index (κ1) is 17.7. The molecule has 1 aliphatic heterocycles. The highest BCUT2D eigenvalue weighted by Crippen LogP contribution is 2.39. The summed E-state index contributed by atoms with van der Waals surface area (Å²) in [5, 5.41) is 20.6. The maximum absolute atomic E-state index is 12.6. The molecule has 1 atom stereocenters. The number of Topliss-reactive ketones (excluding diaryl/α,β-unsaturated/α-hetero) is 1. The second-order valence-corrected chi connectivity index (χ2v) is 5.95. The smallest absolute Gasteiger partial charge is 0.295 e. The number of aliphatic hydroxyl groups excluding tert-OH is 1. The number of phenolic OH excluding ortho intramolecular Hbond substituents is 1. The topological polar surface area (TPSA) is 87.1 Å². The van der Waals surface area contributed by atoms with E-state index >= 15 is 0 Å². The molecule has 0 saturated carbocycles. The van der Waals surface area contributed by atoms with Crippen LogP contribution in [0.5, 0.6) is 5.75 Å². The number of likely N-dealkylation sites (tertiary alicyclic amines) is 1. The normalized spacial score (nSPS) is 19.1. The highest BCUT2D eigenvalue weighted by molar-refractivity contribution is 6.46. The highest BCUT2D eigenvalue weighted by Gasteiger charge is 2.45. The zero-order chi connectivity index (χ0) is 18.7. The van der Waals surface area contributed by atoms with Crippen molar-refractivity contribution in [3.05, 3.63) is 71.3 Å². The van der Waals surface area contributed by atoms with Crippen LogP contribution in [0, 0.1) is 0 Å². The number of methoxy groups -OCH3 is 1. The number of phenols is 1. The number of ether oxygens (including phenoxy) is 1. The molecule has 0 aliphatic carbocycles. The van der Waals surface area contributed by atoms with E-state index < -0.39 is 17.7 Å². The minimum absolute atomic E-state index is 0.00269. The summed E-state index contributed by atoms with van der Waals surface area (Å²) in [4.78, 5) is 26.5. The van der Waals surface area contributed by atoms with Gasteiger partial charge in [0.1, 0.15) is 11.5 Å². The number of nitrogens with zero attached hydrogens (tertiary/aromatic N) is 1. The fourth-order valence-corrected chi connectivity index (χ4v) is 3.09. The van der Waals surface area contributed by atoms with E-state index in [1.807, 2.05) is 0 Å². The molecule has 3 rings (SSSR count). The molecule has 0 aromatic heterocycles. The second kappa shape index (κ2) is 7.41. The Morgan fingerprint density at radius 3 is 2.50 bits per heavy atom. The zero-order valence-corrected chi connectivity index (χ0v) is 14.3. The van der Waals surface area contributed by atoms with Gasteiger partial charge in [-0.05, 0) is 17.7 Å². The fraction of sp³-hybridized carbons (Fsp3) is 0.200. The van der Waals surface area contributed by atoms with Gasteiger partial charge in [-0.1, -0.05) is 42.5 Å². The molecule has 134 valence electrons. The molecule has 2 aromatic carbocycles. The number of aliphatic hydroxyl groups is 1. The first-order valence-electron chi connectivity index (χ1n) is 8.16. The first-order chi connectivity index (χ1) is 12.5. The number of hydrogen-bond donors (Lipinski definition) is 2. The summed E-state index contributed by atoms with van der Waals surface area (Å²) in [5.74, 6) is -1.68. The van der Waals surface area contributed by atoms with Crippen molar-refractivity contribution in [1.29, 1.82) is 0 Å². The molecule has 1 heterocycles. The van der Waals surface area contributed by atoms with Gasteiger partial charge in [-0.15, -0.1) is 0 Å². The van der Waals surface area contributed by atoms with E-state index in [4.69, 9.17) is 4.74 Å². The molecule has 26 heavy (non-hydrogen) atoms. The van der Waals surface area contributed by atoms with Crippen molar-refractivity contribution >= 4 is 17.4 Å². The van der Waals surface area contributed by atoms with E-state index in [1.165, 1.54) is 24.1 Å². The van der Waals surface area contributed by atoms with Crippen LogP contribution in [0.1, 0.15) is 17.2 Å². The van der Waals surface area contributed by atoms with E-state index in [2.05, 4.69) is 0 Å². The second-order valence-electron chi connectivity index (χ2n) is 5.95. The number of carbonyl (C=O) groups excluding carboxylic acids is 2. The number of rotatable bonds is 5. The van der Waals surface area contributed by atoms with Gasteiger partial charge in [-0.3, -0.25) is 9.59 Å². The van der Waals surface area contributed by atoms with Crippen LogP contribution in [0.2, 0.25) is 0 Å². The molecule has 2 aromatic rings. The number of carbonyl (C=O) groups is 2. The molecule has 6 nitrogen and oxygen atoms in total. The van der Waals surface area contributed by atoms with Gasteiger partial charge in [0.05, 0.1) is 18.2 Å². The molecule has 0 radical (unpaired) electrons. The zero-order valence-electron chi connectivity index (χ0n) is 14.3. The molecular weight excluding hydrogens is 334 g/mol. The van der Waals surface area contributed by atoms with E-state index in [0.717, 1.165) is 0 Å². The number of aromatic hydroxyl groups is 1. The fourth-order valence-electron chi connectivity index (χ4n) is 3.09. The van der Waals surface area contributed by atoms with Crippen LogP contribution in [-0.2, 0) is 14.3 Å². The van der Waals surface area contributed by atoms with Crippen molar-refractivity contribution in [2.75, 3.05) is 20.3 Å². The van der Waals surface area contributed by atoms with Crippen LogP contribution in [-0.4, -0.2) is 47.1 Å². The van der Waals surface area contributed by atoms with Crippen LogP contribution in [0.4, 0.5) is 0 Å². The summed E-state index contributed by atoms with van der Waals surface area (Å²) in [7, 11) is 1.50. The van der Waals surface area contributed by atoms with E-state index in [-0.39, 0.29) is 30.2 Å². The number of amides is 1. The monoisotopic (exact) mass is 353 g/mol. The lowest BCUT2D eigenvalue weighted by atomic mass is 9.95. The third-order valence-corrected chi connectivity index (χ3v) is 4.31. The number of ketones is 1. The van der Waals surface area contributed by atoms with Gasteiger partial charge in [0.25, 0.3) is 11.7 Å². The molecular formula is C20H19NO5. The van der Waals surface area contributed by atoms with Gasteiger partial charge >= 0.3 is 0 Å². The molecule has 1 saturated heterocycles. The average molecular weight is 353 g/mol. The molecule has 1 fully saturated rings. The van der Waals surface area contributed by atoms with Crippen molar-refractivity contribution in [3.63, 3.8) is 0 Å². The summed E-state index contributed by atoms with van der Waals surface area (Å²) in [6.07, 6.45) is 0. The summed E-state index contributed by atoms with van der Waals surface area (Å²) in [5.41, 5.74) is 0.989. The van der Waals surface area contributed by atoms with Crippen LogP contribution in [0.15, 0.2) is 60.2 Å². The lowest BCUT2D eigenvalue weighted by Gasteiger charge is -2.25. The Labute approximate surface area is 150 Å². The third-order valence-electron chi connectivity index (χ3n) is 4.31. The van der Waals surface area contributed by atoms with Crippen molar-refractivity contribution < 1.29 is 24.5 Å². The predicted octanol–water partition coefficient (Wildman–Crippen LogP) is 2.46. The first-order valence-corrected chi connectivity index (χ1v) is 8.16. The van der Waals surface area contributed by atoms with Crippen molar-refractivity contribution in [3.8, 4) is 5.75 Å². The van der Waals surface area contributed by atoms with E-state index in [9.17, 15) is 19.8 Å². The molecule has 1 unspecified atom stereocenters. The standard InChI is InChI=1S/C20H19NO5/c1-26-11-10-21-17(14-8-5-9-15(22)12-14)16(19(24)20(21)25)18(23)13-6-3-2-4-7-13/h2-9,12,17,22-23H,10-11H2,1H3/b18-16-. The molecule has 2 N–H and O–H groups in total. The molecule has 1 amide bonds. The third kappa shape index (κ3) is 3.19. The maximum atomic E-state index is 12.6. The van der Waals surface area contributed by atoms with Crippen molar-refractivity contribution in [2.24, 2.45) is 0 Å². The predicted molar refractivity (Wildman–Crippen MR) is 95.4 cm³/mol. The minimum atomic E-state index is -0.794. The SMILES string of the molecule is COCCN1C(=O)C(=O)/C(=C(\O)c2ccccc2)C1c1cccc(O)c1. The van der Waals surface area contributed by atoms with Gasteiger partial charge in [-0.2, -0.15) is 0 Å². The molecule has 0 bridgehead atoms. The Bertz CT molecular complexity index is 860. The molecule has 1 aliphatic rings. The largest absolute Gasteiger partial charge is 0.508 e. The highest BCUT2D eigenvalue weighted by atomic mass is 16.5. The van der Waals surface area contributed by atoms with Crippen molar-refractivity contribution in [2.45, 2.75) is 6.04 Å². The Morgan fingerprint density at radius 1 is 1.12 bits per heavy atom. The van der Waals surface area contributed by atoms with Crippen LogP contribution in [0.3, 0.4) is 0 Å². The Balaban J connectivity index is 2.16. The number of hydrogen-bond acceptors (Lipinski definition) is 5. The van der Waals surface area contributed by atoms with E-state index in [1.54, 1.807) is 42.5 Å². The lowest BCUT2D eigenvalue weighted by Crippen LogP contribution is -2.32. The summed E-state index contributed by atoms with van der Waals surface area (Å²) in [6, 6.07) is 14.1. The summed E-state index contributed by atoms with van der Waals surface area (Å²) >= 11 is 0. The van der Waals surface area contributed by atoms with Gasteiger partial charge < -0.3 is 19.8 Å². The summed E-state index contributed by atoms with van der Waals surface area (Å²) < 4.78 is 5.04. The Hall–Kier alpha value is -3.12. The van der Waals surface area contributed by atoms with Crippen LogP contribution >= 0.6 is 0 Å². The van der Waals surface area contributed by atoms with Gasteiger partial charge in [-0.25, -0.2) is 0 Å². The van der Waals surface area contributed by atoms with Crippen LogP contribution < -0.4 is 0 Å². The Kier molecular flexibility index (Phi) is 5.04. The summed E-state index contributed by atoms with van der Waals surface area (Å²) in [6.45, 7) is 0.431. The van der Waals surface area contributed by atoms with Gasteiger partial charge in [0.15, 0.2) is 0 Å². The maximum Gasteiger partial charge on any atom is 0.295 e. The molecule has 6 heteroatoms. The Morgan fingerprint density at radius 2 is 1.85 bits per heavy atom. The quantitative estimate of drug-likeness (QED) is 0.490. The van der Waals surface area contributed by atoms with Crippen LogP contribution in [0.25, 0.3) is 5.76 Å². The average Bonchev–Trinajstić information content (AvgIpc) is 2.91. The number of benzene rings is 2. The minimum Gasteiger partial charge on any atom is -0.508 e. The van der Waals surface area contributed by atoms with E-state index in [0.29, 0.717) is 11.1 Å². The molecule has 0 spiro atoms. The van der Waals surface area contributed by atoms with Gasteiger partial charge in [0, 0.05) is 19.2 Å².